The van der Waals surface area contributed by atoms with Crippen molar-refractivity contribution in [2.24, 2.45) is 0 Å². The number of phenolic OH excluding ortho intramolecular Hbond substituents is 1. The molecule has 0 aliphatic carbocycles. The summed E-state index contributed by atoms with van der Waals surface area (Å²) in [4.78, 5) is 56.6. The molecule has 4 aromatic carbocycles. The summed E-state index contributed by atoms with van der Waals surface area (Å²) >= 11 is 0. The van der Waals surface area contributed by atoms with Crippen LogP contribution in [-0.2, 0) is 23.9 Å². The highest BCUT2D eigenvalue weighted by atomic mass is 16.6. The van der Waals surface area contributed by atoms with Gasteiger partial charge in [0, 0.05) is 18.7 Å². The van der Waals surface area contributed by atoms with E-state index in [1.807, 2.05) is 60.7 Å². The Morgan fingerprint density at radius 3 is 1.84 bits per heavy atom. The summed E-state index contributed by atoms with van der Waals surface area (Å²) in [5, 5.41) is 9.98. The molecule has 1 N–H and O–H groups in total. The van der Waals surface area contributed by atoms with Gasteiger partial charge in [-0.15, -0.1) is 0 Å². The second-order valence-corrected chi connectivity index (χ2v) is 10.4. The summed E-state index contributed by atoms with van der Waals surface area (Å²) < 4.78 is 11.8. The van der Waals surface area contributed by atoms with E-state index in [1.54, 1.807) is 43.3 Å². The van der Waals surface area contributed by atoms with E-state index in [0.29, 0.717) is 22.3 Å². The molecule has 1 fully saturated rings. The van der Waals surface area contributed by atoms with E-state index in [2.05, 4.69) is 0 Å². The number of phenols is 1. The Labute approximate surface area is 260 Å². The maximum absolute atomic E-state index is 14.2. The molecule has 2 amide bonds. The lowest BCUT2D eigenvalue weighted by Crippen LogP contribution is -2.73. The molecule has 3 atom stereocenters. The Hall–Kier alpha value is -5.70. The molecule has 228 valence electrons. The monoisotopic (exact) mass is 604 g/mol. The molecule has 0 bridgehead atoms. The zero-order chi connectivity index (χ0) is 31.9. The van der Waals surface area contributed by atoms with Crippen LogP contribution in [0, 0.1) is 0 Å². The zero-order valence-electron chi connectivity index (χ0n) is 24.7. The molecule has 1 heterocycles. The number of ether oxygens (including phenoxy) is 2. The Morgan fingerprint density at radius 2 is 1.33 bits per heavy atom. The molecule has 4 aromatic rings. The molecule has 9 nitrogen and oxygen atoms in total. The Morgan fingerprint density at radius 1 is 0.800 bits per heavy atom. The number of aromatic hydroxyl groups is 1. The quantitative estimate of drug-likeness (QED) is 0.187. The van der Waals surface area contributed by atoms with Gasteiger partial charge in [0.2, 0.25) is 6.23 Å². The van der Waals surface area contributed by atoms with Crippen LogP contribution in [0.2, 0.25) is 0 Å². The third-order valence-corrected chi connectivity index (χ3v) is 7.35. The van der Waals surface area contributed by atoms with E-state index in [0.717, 1.165) is 4.90 Å². The summed E-state index contributed by atoms with van der Waals surface area (Å²) in [5.41, 5.74) is 2.05. The van der Waals surface area contributed by atoms with E-state index >= 15 is 0 Å². The molecule has 9 heteroatoms. The molecule has 5 rings (SSSR count). The molecule has 0 saturated carbocycles. The van der Waals surface area contributed by atoms with Crippen molar-refractivity contribution in [3.8, 4) is 5.75 Å². The Bertz CT molecular complexity index is 1640. The Balaban J connectivity index is 1.55. The predicted molar refractivity (Wildman–Crippen MR) is 165 cm³/mol. The number of esters is 2. The summed E-state index contributed by atoms with van der Waals surface area (Å²) in [6.45, 7) is 2.88. The first kappa shape index (κ1) is 30.7. The maximum Gasteiger partial charge on any atom is 0.334 e. The van der Waals surface area contributed by atoms with Crippen LogP contribution in [-0.4, -0.2) is 50.9 Å². The standard InChI is InChI=1S/C36H32N2O7/c1-3-23-37(33(41)28-17-11-6-12-18-28)31-34(42)38(35(31)44-24(2)39)30(25-19-21-29(40)22-20-25)36(43)45-32(26-13-7-4-8-14-26)27-15-9-5-10-16-27/h3-23,30-32,35,40H,1-2H3/t30?,31?,35-/m1/s1. The minimum absolute atomic E-state index is 0.0469. The first-order valence-corrected chi connectivity index (χ1v) is 14.4. The van der Waals surface area contributed by atoms with E-state index < -0.39 is 48.2 Å². The summed E-state index contributed by atoms with van der Waals surface area (Å²) in [5.74, 6) is -2.67. The van der Waals surface area contributed by atoms with Crippen LogP contribution >= 0.6 is 0 Å². The van der Waals surface area contributed by atoms with Crippen molar-refractivity contribution < 1.29 is 33.8 Å². The maximum atomic E-state index is 14.2. The predicted octanol–water partition coefficient (Wildman–Crippen LogP) is 5.54. The highest BCUT2D eigenvalue weighted by Crippen LogP contribution is 2.39. The Kier molecular flexibility index (Phi) is 9.38. The van der Waals surface area contributed by atoms with Crippen LogP contribution in [0.4, 0.5) is 0 Å². The van der Waals surface area contributed by atoms with Gasteiger partial charge in [-0.05, 0) is 47.9 Å². The molecular formula is C36H32N2O7. The van der Waals surface area contributed by atoms with Gasteiger partial charge in [0.1, 0.15) is 5.75 Å². The number of benzene rings is 4. The van der Waals surface area contributed by atoms with Crippen LogP contribution in [0.3, 0.4) is 0 Å². The third kappa shape index (κ3) is 6.62. The zero-order valence-corrected chi connectivity index (χ0v) is 24.7. The fourth-order valence-electron chi connectivity index (χ4n) is 5.30. The molecule has 1 aliphatic heterocycles. The topological polar surface area (TPSA) is 113 Å². The number of nitrogens with zero attached hydrogens (tertiary/aromatic N) is 2. The number of allylic oxidation sites excluding steroid dienone is 1. The molecule has 1 saturated heterocycles. The number of likely N-dealkylation sites (tertiary alicyclic amines) is 1. The van der Waals surface area contributed by atoms with Crippen LogP contribution in [0.15, 0.2) is 128 Å². The average molecular weight is 605 g/mol. The minimum atomic E-state index is -1.38. The van der Waals surface area contributed by atoms with E-state index in [1.165, 1.54) is 42.3 Å². The molecule has 2 unspecified atom stereocenters. The lowest BCUT2D eigenvalue weighted by atomic mass is 9.94. The van der Waals surface area contributed by atoms with Crippen LogP contribution in [0.1, 0.15) is 53.0 Å². The van der Waals surface area contributed by atoms with Gasteiger partial charge in [-0.25, -0.2) is 4.79 Å². The molecule has 1 aliphatic rings. The SMILES string of the molecule is CC=CN(C(=O)c1ccccc1)C1C(=O)N(C(C(=O)OC(c2ccccc2)c2ccccc2)c2ccc(O)cc2)[C@@H]1OC(C)=O. The minimum Gasteiger partial charge on any atom is -0.508 e. The lowest BCUT2D eigenvalue weighted by Gasteiger charge is -2.51. The first-order valence-electron chi connectivity index (χ1n) is 14.4. The van der Waals surface area contributed by atoms with Gasteiger partial charge in [0.25, 0.3) is 11.8 Å². The van der Waals surface area contributed by atoms with Gasteiger partial charge in [-0.3, -0.25) is 24.2 Å². The number of hydrogen-bond acceptors (Lipinski definition) is 7. The van der Waals surface area contributed by atoms with Crippen molar-refractivity contribution in [1.29, 1.82) is 0 Å². The second-order valence-electron chi connectivity index (χ2n) is 10.4. The van der Waals surface area contributed by atoms with Gasteiger partial charge >= 0.3 is 11.9 Å². The van der Waals surface area contributed by atoms with Crippen LogP contribution in [0.5, 0.6) is 5.75 Å². The van der Waals surface area contributed by atoms with E-state index in [9.17, 15) is 24.3 Å². The summed E-state index contributed by atoms with van der Waals surface area (Å²) in [6.07, 6.45) is 0.896. The van der Waals surface area contributed by atoms with Gasteiger partial charge in [0.05, 0.1) is 0 Å². The molecule has 0 radical (unpaired) electrons. The van der Waals surface area contributed by atoms with Crippen LogP contribution in [0.25, 0.3) is 0 Å². The van der Waals surface area contributed by atoms with E-state index in [-0.39, 0.29) is 5.75 Å². The average Bonchev–Trinajstić information content (AvgIpc) is 3.06. The first-order chi connectivity index (χ1) is 21.8. The van der Waals surface area contributed by atoms with Crippen molar-refractivity contribution in [2.45, 2.75) is 38.3 Å². The number of hydrogen-bond donors (Lipinski definition) is 1. The summed E-state index contributed by atoms with van der Waals surface area (Å²) in [6, 6.07) is 29.9. The molecule has 0 aromatic heterocycles. The lowest BCUT2D eigenvalue weighted by molar-refractivity contribution is -0.208. The van der Waals surface area contributed by atoms with Gasteiger partial charge < -0.3 is 14.6 Å². The van der Waals surface area contributed by atoms with Crippen molar-refractivity contribution in [1.82, 2.24) is 9.80 Å². The molecule has 0 spiro atoms. The number of β-lactam (4-membered cyclic amide) rings is 1. The van der Waals surface area contributed by atoms with Gasteiger partial charge in [-0.1, -0.05) is 97.1 Å². The number of carbonyl (C=O) groups excluding carboxylic acids is 4. The number of carbonyl (C=O) groups is 4. The van der Waals surface area contributed by atoms with Crippen molar-refractivity contribution in [2.75, 3.05) is 0 Å². The highest BCUT2D eigenvalue weighted by Gasteiger charge is 2.58. The largest absolute Gasteiger partial charge is 0.508 e. The third-order valence-electron chi connectivity index (χ3n) is 7.35. The van der Waals surface area contributed by atoms with Gasteiger partial charge in [0.15, 0.2) is 18.2 Å². The van der Waals surface area contributed by atoms with Crippen LogP contribution < -0.4 is 0 Å². The second kappa shape index (κ2) is 13.7. The fraction of sp³-hybridized carbons (Fsp3) is 0.167. The smallest absolute Gasteiger partial charge is 0.334 e. The fourth-order valence-corrected chi connectivity index (χ4v) is 5.30. The normalized spacial score (nSPS) is 16.6. The highest BCUT2D eigenvalue weighted by molar-refractivity contribution is 6.02. The van der Waals surface area contributed by atoms with Crippen molar-refractivity contribution >= 4 is 23.8 Å². The number of rotatable bonds is 10. The number of amides is 2. The summed E-state index contributed by atoms with van der Waals surface area (Å²) in [7, 11) is 0. The van der Waals surface area contributed by atoms with Crippen molar-refractivity contribution in [3.63, 3.8) is 0 Å². The molecular weight excluding hydrogens is 572 g/mol. The molecule has 45 heavy (non-hydrogen) atoms. The van der Waals surface area contributed by atoms with E-state index in [4.69, 9.17) is 9.47 Å². The van der Waals surface area contributed by atoms with Gasteiger partial charge in [-0.2, -0.15) is 0 Å². The van der Waals surface area contributed by atoms with Crippen molar-refractivity contribution in [3.05, 3.63) is 150 Å².